The molecule has 0 aromatic heterocycles. The molecule has 112 valence electrons. The molecule has 0 spiro atoms. The van der Waals surface area contributed by atoms with Crippen molar-refractivity contribution in [3.8, 4) is 0 Å². The van der Waals surface area contributed by atoms with Gasteiger partial charge in [0.15, 0.2) is 0 Å². The van der Waals surface area contributed by atoms with E-state index in [9.17, 15) is 0 Å². The van der Waals surface area contributed by atoms with Gasteiger partial charge in [0.2, 0.25) is 0 Å². The average molecular weight is 315 g/mol. The lowest BCUT2D eigenvalue weighted by molar-refractivity contribution is 0.477. The number of halogens is 2. The van der Waals surface area contributed by atoms with Crippen LogP contribution >= 0.6 is 23.2 Å². The zero-order chi connectivity index (χ0) is 14.7. The van der Waals surface area contributed by atoms with Gasteiger partial charge in [0, 0.05) is 13.1 Å². The van der Waals surface area contributed by atoms with Crippen LogP contribution in [0.15, 0.2) is 12.1 Å². The van der Waals surface area contributed by atoms with Gasteiger partial charge in [-0.25, -0.2) is 0 Å². The van der Waals surface area contributed by atoms with Crippen molar-refractivity contribution in [2.24, 2.45) is 11.8 Å². The van der Waals surface area contributed by atoms with Gasteiger partial charge >= 0.3 is 0 Å². The van der Waals surface area contributed by atoms with Gasteiger partial charge in [0.05, 0.1) is 15.7 Å². The minimum absolute atomic E-state index is 0.682. The number of hydrogen-bond acceptors (Lipinski definition) is 2. The molecule has 0 saturated carbocycles. The smallest absolute Gasteiger partial charge is 0.0747 e. The lowest BCUT2D eigenvalue weighted by Crippen LogP contribution is -2.28. The fraction of sp³-hybridized carbons (Fsp3) is 0.625. The second-order valence-electron chi connectivity index (χ2n) is 6.18. The molecule has 1 aromatic rings. The second kappa shape index (κ2) is 7.02. The van der Waals surface area contributed by atoms with Crippen LogP contribution in [0.3, 0.4) is 0 Å². The fourth-order valence-electron chi connectivity index (χ4n) is 2.71. The van der Waals surface area contributed by atoms with Crippen LogP contribution in [-0.2, 0) is 0 Å². The van der Waals surface area contributed by atoms with Crippen molar-refractivity contribution < 1.29 is 0 Å². The van der Waals surface area contributed by atoms with E-state index in [1.54, 1.807) is 0 Å². The van der Waals surface area contributed by atoms with Crippen LogP contribution in [0.4, 0.5) is 5.69 Å². The molecule has 0 radical (unpaired) electrons. The van der Waals surface area contributed by atoms with Crippen LogP contribution in [0.5, 0.6) is 0 Å². The number of benzene rings is 1. The highest BCUT2D eigenvalue weighted by Gasteiger charge is 2.25. The molecule has 1 aromatic carbocycles. The largest absolute Gasteiger partial charge is 0.369 e. The number of rotatable bonds is 5. The monoisotopic (exact) mass is 314 g/mol. The highest BCUT2D eigenvalue weighted by atomic mass is 35.5. The van der Waals surface area contributed by atoms with Crippen LogP contribution in [0, 0.1) is 18.8 Å². The Hall–Kier alpha value is -0.440. The highest BCUT2D eigenvalue weighted by Crippen LogP contribution is 2.38. The normalized spacial score (nSPS) is 19.1. The number of nitrogens with one attached hydrogen (secondary N) is 1. The van der Waals surface area contributed by atoms with E-state index in [0.29, 0.717) is 11.8 Å². The maximum absolute atomic E-state index is 6.43. The predicted octanol–water partition coefficient (Wildman–Crippen LogP) is 4.37. The maximum Gasteiger partial charge on any atom is 0.0747 e. The van der Waals surface area contributed by atoms with Crippen molar-refractivity contribution in [3.05, 3.63) is 27.7 Å². The Bertz CT molecular complexity index is 460. The molecule has 1 N–H and O–H groups in total. The van der Waals surface area contributed by atoms with Crippen LogP contribution in [-0.4, -0.2) is 26.2 Å². The molecule has 0 amide bonds. The van der Waals surface area contributed by atoms with Gasteiger partial charge in [0.1, 0.15) is 0 Å². The summed E-state index contributed by atoms with van der Waals surface area (Å²) in [5, 5.41) is 5.11. The molecule has 1 saturated heterocycles. The molecule has 0 bridgehead atoms. The maximum atomic E-state index is 6.43. The van der Waals surface area contributed by atoms with E-state index >= 15 is 0 Å². The van der Waals surface area contributed by atoms with Gasteiger partial charge < -0.3 is 10.2 Å². The zero-order valence-electron chi connectivity index (χ0n) is 12.5. The van der Waals surface area contributed by atoms with E-state index in [-0.39, 0.29) is 0 Å². The number of aryl methyl sites for hydroxylation is 1. The number of anilines is 1. The fourth-order valence-corrected chi connectivity index (χ4v) is 3.32. The quantitative estimate of drug-likeness (QED) is 0.868. The van der Waals surface area contributed by atoms with E-state index in [1.807, 2.05) is 19.1 Å². The van der Waals surface area contributed by atoms with Crippen molar-refractivity contribution in [2.45, 2.75) is 27.2 Å². The average Bonchev–Trinajstić information content (AvgIpc) is 2.83. The summed E-state index contributed by atoms with van der Waals surface area (Å²) in [5.74, 6) is 1.38. The molecule has 2 rings (SSSR count). The highest BCUT2D eigenvalue weighted by molar-refractivity contribution is 6.39. The van der Waals surface area contributed by atoms with Gasteiger partial charge in [-0.3, -0.25) is 0 Å². The van der Waals surface area contributed by atoms with Crippen LogP contribution in [0.1, 0.15) is 25.8 Å². The number of nitrogens with zero attached hydrogens (tertiary/aromatic N) is 1. The zero-order valence-corrected chi connectivity index (χ0v) is 14.1. The lowest BCUT2D eigenvalue weighted by Gasteiger charge is -2.22. The van der Waals surface area contributed by atoms with E-state index in [1.165, 1.54) is 6.42 Å². The first-order valence-electron chi connectivity index (χ1n) is 7.39. The van der Waals surface area contributed by atoms with Crippen molar-refractivity contribution in [3.63, 3.8) is 0 Å². The predicted molar refractivity (Wildman–Crippen MR) is 89.2 cm³/mol. The van der Waals surface area contributed by atoms with Crippen LogP contribution in [0.2, 0.25) is 10.0 Å². The molecule has 1 atom stereocenters. The van der Waals surface area contributed by atoms with E-state index in [0.717, 1.165) is 47.5 Å². The first kappa shape index (κ1) is 15.9. The van der Waals surface area contributed by atoms with Crippen LogP contribution in [0.25, 0.3) is 0 Å². The summed E-state index contributed by atoms with van der Waals surface area (Å²) < 4.78 is 0. The van der Waals surface area contributed by atoms with Gasteiger partial charge in [-0.05, 0) is 49.9 Å². The van der Waals surface area contributed by atoms with Crippen molar-refractivity contribution in [1.82, 2.24) is 5.32 Å². The summed E-state index contributed by atoms with van der Waals surface area (Å²) in [7, 11) is 0. The molecule has 2 nitrogen and oxygen atoms in total. The summed E-state index contributed by atoms with van der Waals surface area (Å²) in [6, 6.07) is 3.92. The summed E-state index contributed by atoms with van der Waals surface area (Å²) in [6.45, 7) is 10.7. The standard InChI is InChI=1S/C16H24Cl2N2/c1-11(2)8-19-9-13-6-7-20(10-13)16-14(17)5-4-12(3)15(16)18/h4-5,11,13,19H,6-10H2,1-3H3. The Labute approximate surface area is 132 Å². The molecule has 1 aliphatic heterocycles. The van der Waals surface area contributed by atoms with Gasteiger partial charge in [-0.1, -0.05) is 43.1 Å². The summed E-state index contributed by atoms with van der Waals surface area (Å²) in [6.07, 6.45) is 1.20. The molecule has 4 heteroatoms. The minimum atomic E-state index is 0.682. The Kier molecular flexibility index (Phi) is 5.59. The van der Waals surface area contributed by atoms with Gasteiger partial charge in [-0.15, -0.1) is 0 Å². The van der Waals surface area contributed by atoms with E-state index < -0.39 is 0 Å². The summed E-state index contributed by atoms with van der Waals surface area (Å²) in [4.78, 5) is 2.33. The van der Waals surface area contributed by atoms with Crippen LogP contribution < -0.4 is 10.2 Å². The van der Waals surface area contributed by atoms with Gasteiger partial charge in [0.25, 0.3) is 0 Å². The molecule has 1 fully saturated rings. The Morgan fingerprint density at radius 1 is 1.35 bits per heavy atom. The third-order valence-corrected chi connectivity index (χ3v) is 4.63. The molecule has 1 aliphatic rings. The molecule has 20 heavy (non-hydrogen) atoms. The lowest BCUT2D eigenvalue weighted by atomic mass is 10.1. The molecule has 1 heterocycles. The Morgan fingerprint density at radius 2 is 2.10 bits per heavy atom. The topological polar surface area (TPSA) is 15.3 Å². The molecule has 1 unspecified atom stereocenters. The van der Waals surface area contributed by atoms with E-state index in [4.69, 9.17) is 23.2 Å². The summed E-state index contributed by atoms with van der Waals surface area (Å²) in [5.41, 5.74) is 2.10. The molecular weight excluding hydrogens is 291 g/mol. The first-order valence-corrected chi connectivity index (χ1v) is 8.15. The Morgan fingerprint density at radius 3 is 2.80 bits per heavy atom. The van der Waals surface area contributed by atoms with Crippen molar-refractivity contribution in [2.75, 3.05) is 31.1 Å². The molecular formula is C16H24Cl2N2. The second-order valence-corrected chi connectivity index (χ2v) is 6.96. The van der Waals surface area contributed by atoms with E-state index in [2.05, 4.69) is 24.1 Å². The third-order valence-electron chi connectivity index (χ3n) is 3.85. The van der Waals surface area contributed by atoms with Gasteiger partial charge in [-0.2, -0.15) is 0 Å². The Balaban J connectivity index is 1.98. The number of hydrogen-bond donors (Lipinski definition) is 1. The SMILES string of the molecule is Cc1ccc(Cl)c(N2CCC(CNCC(C)C)C2)c1Cl. The molecule has 0 aliphatic carbocycles. The minimum Gasteiger partial charge on any atom is -0.369 e. The van der Waals surface area contributed by atoms with Crippen molar-refractivity contribution >= 4 is 28.9 Å². The summed E-state index contributed by atoms with van der Waals surface area (Å²) >= 11 is 12.8. The third kappa shape index (κ3) is 3.81. The van der Waals surface area contributed by atoms with Crippen molar-refractivity contribution in [1.29, 1.82) is 0 Å². The first-order chi connectivity index (χ1) is 9.49.